The van der Waals surface area contributed by atoms with Crippen LogP contribution in [0.2, 0.25) is 0 Å². The van der Waals surface area contributed by atoms with Crippen LogP contribution in [0, 0.1) is 6.92 Å². The van der Waals surface area contributed by atoms with Crippen molar-refractivity contribution in [2.45, 2.75) is 17.5 Å². The van der Waals surface area contributed by atoms with E-state index in [0.29, 0.717) is 4.47 Å². The lowest BCUT2D eigenvalue weighted by Crippen LogP contribution is -2.59. The first-order valence-electron chi connectivity index (χ1n) is 9.69. The fraction of sp³-hybridized carbons (Fsp3) is 0.130. The van der Waals surface area contributed by atoms with Gasteiger partial charge in [0.05, 0.1) is 17.7 Å². The lowest BCUT2D eigenvalue weighted by atomic mass is 9.94. The summed E-state index contributed by atoms with van der Waals surface area (Å²) in [6, 6.07) is 17.6. The van der Waals surface area contributed by atoms with E-state index in [4.69, 9.17) is 4.84 Å². The van der Waals surface area contributed by atoms with Crippen LogP contribution in [0.15, 0.2) is 76.1 Å². The van der Waals surface area contributed by atoms with E-state index in [2.05, 4.69) is 15.9 Å². The van der Waals surface area contributed by atoms with Gasteiger partial charge < -0.3 is 0 Å². The van der Waals surface area contributed by atoms with E-state index in [1.165, 1.54) is 19.2 Å². The Balaban J connectivity index is 1.89. The van der Waals surface area contributed by atoms with Gasteiger partial charge in [-0.3, -0.25) is 14.4 Å². The first kappa shape index (κ1) is 20.9. The fourth-order valence-corrected chi connectivity index (χ4v) is 6.47. The van der Waals surface area contributed by atoms with Crippen molar-refractivity contribution < 1.29 is 22.8 Å². The number of hydrogen-bond donors (Lipinski definition) is 0. The molecule has 0 saturated carbocycles. The maximum absolute atomic E-state index is 14.0. The molecular weight excluding hydrogens is 496 g/mol. The lowest BCUT2D eigenvalue weighted by molar-refractivity contribution is -0.139. The summed E-state index contributed by atoms with van der Waals surface area (Å²) in [5.74, 6) is -1.16. The summed E-state index contributed by atoms with van der Waals surface area (Å²) >= 11 is 3.36. The summed E-state index contributed by atoms with van der Waals surface area (Å²) in [7, 11) is -3.05. The second-order valence-electron chi connectivity index (χ2n) is 7.57. The van der Waals surface area contributed by atoms with Gasteiger partial charge in [-0.2, -0.15) is 5.06 Å². The van der Waals surface area contributed by atoms with Crippen LogP contribution < -0.4 is 4.31 Å². The zero-order valence-corrected chi connectivity index (χ0v) is 19.5. The molecule has 1 atom stereocenters. The van der Waals surface area contributed by atoms with Crippen molar-refractivity contribution in [2.24, 2.45) is 0 Å². The lowest BCUT2D eigenvalue weighted by Gasteiger charge is -2.39. The average molecular weight is 513 g/mol. The van der Waals surface area contributed by atoms with Crippen molar-refractivity contribution in [1.29, 1.82) is 0 Å². The average Bonchev–Trinajstić information content (AvgIpc) is 3.18. The Labute approximate surface area is 193 Å². The number of sulfonamides is 1. The Hall–Kier alpha value is -3.01. The Morgan fingerprint density at radius 3 is 2.31 bits per heavy atom. The number of hydroxylamine groups is 2. The predicted octanol–water partition coefficient (Wildman–Crippen LogP) is 4.02. The molecule has 3 aromatic carbocycles. The van der Waals surface area contributed by atoms with E-state index in [1.807, 2.05) is 6.92 Å². The maximum Gasteiger partial charge on any atom is 0.280 e. The van der Waals surface area contributed by atoms with Gasteiger partial charge in [0, 0.05) is 21.2 Å². The first-order chi connectivity index (χ1) is 15.2. The van der Waals surface area contributed by atoms with E-state index >= 15 is 0 Å². The number of carbonyl (C=O) groups is 2. The molecule has 2 aliphatic rings. The number of benzene rings is 3. The third kappa shape index (κ3) is 2.52. The zero-order chi connectivity index (χ0) is 22.8. The number of fused-ring (bicyclic) bond motifs is 3. The van der Waals surface area contributed by atoms with Gasteiger partial charge in [0.15, 0.2) is 0 Å². The molecule has 162 valence electrons. The van der Waals surface area contributed by atoms with E-state index in [-0.39, 0.29) is 27.3 Å². The molecule has 9 heteroatoms. The molecule has 0 aromatic heterocycles. The van der Waals surface area contributed by atoms with Gasteiger partial charge in [0.2, 0.25) is 11.4 Å². The Bertz CT molecular complexity index is 1400. The van der Waals surface area contributed by atoms with Crippen LogP contribution in [-0.2, 0) is 20.5 Å². The summed E-state index contributed by atoms with van der Waals surface area (Å²) < 4.78 is 29.7. The van der Waals surface area contributed by atoms with Crippen molar-refractivity contribution in [2.75, 3.05) is 11.4 Å². The quantitative estimate of drug-likeness (QED) is 0.529. The molecular formula is C23H17BrN2O5S. The van der Waals surface area contributed by atoms with E-state index in [0.717, 1.165) is 14.9 Å². The molecule has 3 aromatic rings. The van der Waals surface area contributed by atoms with Crippen molar-refractivity contribution in [3.05, 3.63) is 93.5 Å². The van der Waals surface area contributed by atoms with Crippen LogP contribution in [0.1, 0.15) is 31.8 Å². The molecule has 5 rings (SSSR count). The number of nitrogens with zero attached hydrogens (tertiary/aromatic N) is 2. The van der Waals surface area contributed by atoms with E-state index in [9.17, 15) is 18.0 Å². The van der Waals surface area contributed by atoms with Crippen LogP contribution in [0.4, 0.5) is 5.69 Å². The molecule has 0 bridgehead atoms. The molecule has 0 saturated heterocycles. The zero-order valence-electron chi connectivity index (χ0n) is 17.1. The Morgan fingerprint density at radius 2 is 1.62 bits per heavy atom. The second-order valence-corrected chi connectivity index (χ2v) is 10.3. The van der Waals surface area contributed by atoms with Crippen molar-refractivity contribution in [3.63, 3.8) is 0 Å². The van der Waals surface area contributed by atoms with Crippen molar-refractivity contribution >= 4 is 43.3 Å². The number of amides is 1. The number of Topliss-reactive ketones (excluding diaryl/α,β-unsaturated/α-hetero) is 1. The summed E-state index contributed by atoms with van der Waals surface area (Å²) in [5, 5.41) is 0.861. The summed E-state index contributed by atoms with van der Waals surface area (Å²) in [6.45, 7) is 1.85. The van der Waals surface area contributed by atoms with Gasteiger partial charge in [-0.05, 0) is 43.3 Å². The van der Waals surface area contributed by atoms with Crippen LogP contribution in [0.5, 0.6) is 0 Å². The number of ketones is 1. The standard InChI is InChI=1S/C23H17BrN2O5S/c1-14-7-10-16(11-8-14)32(29,30)26-20-12-9-15(24)13-18(20)21(27)23(26)19-6-4-3-5-17(19)22(28)25(23)31-2/h3-13H,1-2H3. The molecule has 0 fully saturated rings. The molecule has 1 unspecified atom stereocenters. The topological polar surface area (TPSA) is 84.0 Å². The van der Waals surface area contributed by atoms with Gasteiger partial charge in [-0.1, -0.05) is 51.8 Å². The van der Waals surface area contributed by atoms with Gasteiger partial charge in [-0.15, -0.1) is 0 Å². The first-order valence-corrected chi connectivity index (χ1v) is 11.9. The Kier molecular flexibility index (Phi) is 4.56. The molecule has 1 spiro atoms. The molecule has 0 N–H and O–H groups in total. The number of carbonyl (C=O) groups excluding carboxylic acids is 2. The molecule has 2 aliphatic heterocycles. The molecule has 32 heavy (non-hydrogen) atoms. The SMILES string of the molecule is CON1C(=O)c2ccccc2C12C(=O)c1cc(Br)ccc1N2S(=O)(=O)c1ccc(C)cc1. The van der Waals surface area contributed by atoms with Crippen LogP contribution in [0.25, 0.3) is 0 Å². The molecule has 2 heterocycles. The smallest absolute Gasteiger partial charge is 0.280 e. The minimum Gasteiger partial charge on any atom is -0.289 e. The molecule has 0 radical (unpaired) electrons. The summed E-state index contributed by atoms with van der Waals surface area (Å²) in [6.07, 6.45) is 0. The molecule has 7 nitrogen and oxygen atoms in total. The van der Waals surface area contributed by atoms with Crippen molar-refractivity contribution in [3.8, 4) is 0 Å². The monoisotopic (exact) mass is 512 g/mol. The van der Waals surface area contributed by atoms with Gasteiger partial charge in [-0.25, -0.2) is 12.7 Å². The fourth-order valence-electron chi connectivity index (χ4n) is 4.40. The van der Waals surface area contributed by atoms with Gasteiger partial charge in [0.1, 0.15) is 0 Å². The van der Waals surface area contributed by atoms with Gasteiger partial charge >= 0.3 is 0 Å². The van der Waals surface area contributed by atoms with Crippen LogP contribution in [-0.4, -0.2) is 32.3 Å². The maximum atomic E-state index is 14.0. The van der Waals surface area contributed by atoms with Crippen LogP contribution >= 0.6 is 15.9 Å². The largest absolute Gasteiger partial charge is 0.289 e. The predicted molar refractivity (Wildman–Crippen MR) is 121 cm³/mol. The number of rotatable bonds is 3. The molecule has 0 aliphatic carbocycles. The van der Waals surface area contributed by atoms with Crippen LogP contribution in [0.3, 0.4) is 0 Å². The molecule has 1 amide bonds. The number of hydrogen-bond acceptors (Lipinski definition) is 5. The van der Waals surface area contributed by atoms with E-state index < -0.39 is 27.4 Å². The summed E-state index contributed by atoms with van der Waals surface area (Å²) in [4.78, 5) is 32.6. The normalized spacial score (nSPS) is 19.6. The minimum absolute atomic E-state index is 0.000994. The third-order valence-corrected chi connectivity index (χ3v) is 8.09. The van der Waals surface area contributed by atoms with E-state index in [1.54, 1.807) is 54.6 Å². The number of aryl methyl sites for hydroxylation is 1. The number of halogens is 1. The summed E-state index contributed by atoms with van der Waals surface area (Å²) in [5.41, 5.74) is -0.346. The van der Waals surface area contributed by atoms with Gasteiger partial charge in [0.25, 0.3) is 15.9 Å². The highest BCUT2D eigenvalue weighted by Crippen LogP contribution is 2.54. The minimum atomic E-state index is -4.29. The highest BCUT2D eigenvalue weighted by molar-refractivity contribution is 9.10. The highest BCUT2D eigenvalue weighted by Gasteiger charge is 2.67. The second kappa shape index (κ2) is 6.99. The van der Waals surface area contributed by atoms with Crippen molar-refractivity contribution in [1.82, 2.24) is 5.06 Å². The Morgan fingerprint density at radius 1 is 0.938 bits per heavy atom. The number of anilines is 1. The highest BCUT2D eigenvalue weighted by atomic mass is 79.9. The third-order valence-electron chi connectivity index (χ3n) is 5.79.